The van der Waals surface area contributed by atoms with E-state index in [-0.39, 0.29) is 22.0 Å². The SMILES string of the molecule is Cc1cc(F)c(NC(=O)c2ccnc(Cl)c2)cc1F. The minimum Gasteiger partial charge on any atom is -0.319 e. The number of hydrogen-bond donors (Lipinski definition) is 1. The molecule has 0 fully saturated rings. The van der Waals surface area contributed by atoms with Gasteiger partial charge in [0.25, 0.3) is 5.91 Å². The molecule has 0 aliphatic carbocycles. The third kappa shape index (κ3) is 3.06. The molecule has 1 amide bonds. The molecular weight excluding hydrogens is 274 g/mol. The lowest BCUT2D eigenvalue weighted by Gasteiger charge is -2.08. The number of carbonyl (C=O) groups is 1. The Morgan fingerprint density at radius 3 is 2.68 bits per heavy atom. The van der Waals surface area contributed by atoms with Gasteiger partial charge in [-0.1, -0.05) is 11.6 Å². The first-order valence-corrected chi connectivity index (χ1v) is 5.73. The van der Waals surface area contributed by atoms with E-state index >= 15 is 0 Å². The summed E-state index contributed by atoms with van der Waals surface area (Å²) in [5.41, 5.74) is 0.156. The van der Waals surface area contributed by atoms with Crippen LogP contribution in [0.3, 0.4) is 0 Å². The van der Waals surface area contributed by atoms with Gasteiger partial charge < -0.3 is 5.32 Å². The number of rotatable bonds is 2. The molecular formula is C13H9ClF2N2O. The minimum atomic E-state index is -0.701. The van der Waals surface area contributed by atoms with Gasteiger partial charge in [0.2, 0.25) is 0 Å². The number of carbonyl (C=O) groups excluding carboxylic acids is 1. The van der Waals surface area contributed by atoms with Gasteiger partial charge in [-0.2, -0.15) is 0 Å². The average Bonchev–Trinajstić information content (AvgIpc) is 2.36. The molecule has 1 N–H and O–H groups in total. The van der Waals surface area contributed by atoms with Gasteiger partial charge in [0, 0.05) is 17.8 Å². The summed E-state index contributed by atoms with van der Waals surface area (Å²) in [6.07, 6.45) is 1.35. The molecule has 0 spiro atoms. The molecule has 2 aromatic rings. The number of halogens is 3. The monoisotopic (exact) mass is 282 g/mol. The molecule has 0 unspecified atom stereocenters. The molecule has 19 heavy (non-hydrogen) atoms. The molecule has 0 radical (unpaired) electrons. The number of anilines is 1. The standard InChI is InChI=1S/C13H9ClF2N2O/c1-7-4-10(16)11(6-9(7)15)18-13(19)8-2-3-17-12(14)5-8/h2-6H,1H3,(H,18,19). The molecule has 0 saturated carbocycles. The van der Waals surface area contributed by atoms with Gasteiger partial charge in [0.15, 0.2) is 0 Å². The van der Waals surface area contributed by atoms with Crippen LogP contribution in [-0.2, 0) is 0 Å². The number of aryl methyl sites for hydroxylation is 1. The topological polar surface area (TPSA) is 42.0 Å². The molecule has 98 valence electrons. The van der Waals surface area contributed by atoms with Crippen LogP contribution in [0.2, 0.25) is 5.15 Å². The first-order chi connectivity index (χ1) is 8.97. The number of amides is 1. The Morgan fingerprint density at radius 2 is 2.00 bits per heavy atom. The van der Waals surface area contributed by atoms with Crippen molar-refractivity contribution < 1.29 is 13.6 Å². The van der Waals surface area contributed by atoms with Gasteiger partial charge in [-0.05, 0) is 30.7 Å². The molecule has 3 nitrogen and oxygen atoms in total. The van der Waals surface area contributed by atoms with Crippen LogP contribution in [0.15, 0.2) is 30.5 Å². The van der Waals surface area contributed by atoms with Crippen molar-refractivity contribution in [1.29, 1.82) is 0 Å². The maximum Gasteiger partial charge on any atom is 0.255 e. The fourth-order valence-corrected chi connectivity index (χ4v) is 1.65. The zero-order chi connectivity index (χ0) is 14.0. The van der Waals surface area contributed by atoms with Crippen LogP contribution >= 0.6 is 11.6 Å². The van der Waals surface area contributed by atoms with Crippen LogP contribution in [0.25, 0.3) is 0 Å². The summed E-state index contributed by atoms with van der Waals surface area (Å²) < 4.78 is 26.9. The molecule has 6 heteroatoms. The Morgan fingerprint density at radius 1 is 1.26 bits per heavy atom. The second-order valence-electron chi connectivity index (χ2n) is 3.90. The number of aromatic nitrogens is 1. The van der Waals surface area contributed by atoms with Crippen LogP contribution in [-0.4, -0.2) is 10.9 Å². The highest BCUT2D eigenvalue weighted by atomic mass is 35.5. The molecule has 1 heterocycles. The summed E-state index contributed by atoms with van der Waals surface area (Å²) in [7, 11) is 0. The Bertz CT molecular complexity index is 647. The smallest absolute Gasteiger partial charge is 0.255 e. The average molecular weight is 283 g/mol. The van der Waals surface area contributed by atoms with Crippen molar-refractivity contribution in [3.63, 3.8) is 0 Å². The third-order valence-corrected chi connectivity index (χ3v) is 2.69. The van der Waals surface area contributed by atoms with E-state index in [1.807, 2.05) is 0 Å². The summed E-state index contributed by atoms with van der Waals surface area (Å²) in [6.45, 7) is 1.44. The van der Waals surface area contributed by atoms with Gasteiger partial charge in [-0.3, -0.25) is 4.79 Å². The molecule has 0 aliphatic heterocycles. The van der Waals surface area contributed by atoms with Crippen LogP contribution in [0.1, 0.15) is 15.9 Å². The number of hydrogen-bond acceptors (Lipinski definition) is 2. The van der Waals surface area contributed by atoms with E-state index in [0.29, 0.717) is 0 Å². The molecule has 2 rings (SSSR count). The van der Waals surface area contributed by atoms with Crippen molar-refractivity contribution in [3.05, 3.63) is 58.4 Å². The first-order valence-electron chi connectivity index (χ1n) is 5.36. The molecule has 1 aromatic carbocycles. The first kappa shape index (κ1) is 13.4. The third-order valence-electron chi connectivity index (χ3n) is 2.49. The van der Waals surface area contributed by atoms with Crippen LogP contribution in [0, 0.1) is 18.6 Å². The second kappa shape index (κ2) is 5.32. The van der Waals surface area contributed by atoms with E-state index < -0.39 is 17.5 Å². The zero-order valence-electron chi connectivity index (χ0n) is 9.88. The number of nitrogens with zero attached hydrogens (tertiary/aromatic N) is 1. The molecule has 0 aliphatic rings. The number of pyridine rings is 1. The van der Waals surface area contributed by atoms with E-state index in [1.165, 1.54) is 25.3 Å². The van der Waals surface area contributed by atoms with Gasteiger partial charge in [0.05, 0.1) is 5.69 Å². The summed E-state index contributed by atoms with van der Waals surface area (Å²) in [5.74, 6) is -1.89. The molecule has 1 aromatic heterocycles. The largest absolute Gasteiger partial charge is 0.319 e. The van der Waals surface area contributed by atoms with Gasteiger partial charge in [-0.25, -0.2) is 13.8 Å². The predicted molar refractivity (Wildman–Crippen MR) is 68.3 cm³/mol. The summed E-state index contributed by atoms with van der Waals surface area (Å²) in [4.78, 5) is 15.6. The lowest BCUT2D eigenvalue weighted by molar-refractivity contribution is 0.102. The number of nitrogens with one attached hydrogen (secondary N) is 1. The van der Waals surface area contributed by atoms with E-state index in [4.69, 9.17) is 11.6 Å². The summed E-state index contributed by atoms with van der Waals surface area (Å²) in [5, 5.41) is 2.42. The fraction of sp³-hybridized carbons (Fsp3) is 0.0769. The van der Waals surface area contributed by atoms with Gasteiger partial charge >= 0.3 is 0 Å². The van der Waals surface area contributed by atoms with Crippen LogP contribution < -0.4 is 5.32 Å². The second-order valence-corrected chi connectivity index (χ2v) is 4.29. The maximum absolute atomic E-state index is 13.6. The fourth-order valence-electron chi connectivity index (χ4n) is 1.48. The van der Waals surface area contributed by atoms with Crippen LogP contribution in [0.4, 0.5) is 14.5 Å². The van der Waals surface area contributed by atoms with Crippen molar-refractivity contribution in [3.8, 4) is 0 Å². The van der Waals surface area contributed by atoms with Crippen LogP contribution in [0.5, 0.6) is 0 Å². The lowest BCUT2D eigenvalue weighted by atomic mass is 10.2. The Hall–Kier alpha value is -2.01. The lowest BCUT2D eigenvalue weighted by Crippen LogP contribution is -2.13. The summed E-state index contributed by atoms with van der Waals surface area (Å²) in [6, 6.07) is 4.71. The Kier molecular flexibility index (Phi) is 3.76. The van der Waals surface area contributed by atoms with Crippen molar-refractivity contribution >= 4 is 23.2 Å². The molecule has 0 bridgehead atoms. The van der Waals surface area contributed by atoms with E-state index in [9.17, 15) is 13.6 Å². The Balaban J connectivity index is 2.27. The highest BCUT2D eigenvalue weighted by Gasteiger charge is 2.12. The molecule has 0 atom stereocenters. The Labute approximate surface area is 113 Å². The minimum absolute atomic E-state index is 0.142. The van der Waals surface area contributed by atoms with E-state index in [2.05, 4.69) is 10.3 Å². The van der Waals surface area contributed by atoms with E-state index in [0.717, 1.165) is 12.1 Å². The van der Waals surface area contributed by atoms with Crippen molar-refractivity contribution in [2.75, 3.05) is 5.32 Å². The van der Waals surface area contributed by atoms with E-state index in [1.54, 1.807) is 0 Å². The van der Waals surface area contributed by atoms with Crippen molar-refractivity contribution in [1.82, 2.24) is 4.98 Å². The number of benzene rings is 1. The quantitative estimate of drug-likeness (QED) is 0.856. The normalized spacial score (nSPS) is 10.3. The van der Waals surface area contributed by atoms with Crippen molar-refractivity contribution in [2.45, 2.75) is 6.92 Å². The maximum atomic E-state index is 13.6. The van der Waals surface area contributed by atoms with Gasteiger partial charge in [-0.15, -0.1) is 0 Å². The highest BCUT2D eigenvalue weighted by Crippen LogP contribution is 2.20. The van der Waals surface area contributed by atoms with Crippen molar-refractivity contribution in [2.24, 2.45) is 0 Å². The molecule has 0 saturated heterocycles. The zero-order valence-corrected chi connectivity index (χ0v) is 10.6. The predicted octanol–water partition coefficient (Wildman–Crippen LogP) is 3.57. The summed E-state index contributed by atoms with van der Waals surface area (Å²) >= 11 is 5.64. The van der Waals surface area contributed by atoms with Gasteiger partial charge in [0.1, 0.15) is 16.8 Å². The highest BCUT2D eigenvalue weighted by molar-refractivity contribution is 6.29.